The van der Waals surface area contributed by atoms with Crippen LogP contribution in [0.4, 0.5) is 4.39 Å². The van der Waals surface area contributed by atoms with E-state index in [0.717, 1.165) is 16.3 Å². The van der Waals surface area contributed by atoms with E-state index in [2.05, 4.69) is 6.07 Å². The quantitative estimate of drug-likeness (QED) is 0.858. The number of halogens is 1. The molecule has 1 aliphatic rings. The van der Waals surface area contributed by atoms with E-state index in [0.29, 0.717) is 6.42 Å². The normalized spacial score (nSPS) is 24.5. The van der Waals surface area contributed by atoms with Gasteiger partial charge in [-0.25, -0.2) is 4.79 Å². The standard InChI is InChI=1S/C15H14FN2O4/c16-10-8-18(15(21)17-14(10)20)13-7-11(19)12(22-13)6-9-4-2-1-3-5-9/h1-4,8,11-13,19H,6-7H2,(H,17,20,21)/t11-,12+,13?/m0/s1. The molecule has 2 aromatic rings. The summed E-state index contributed by atoms with van der Waals surface area (Å²) in [7, 11) is 0. The predicted molar refractivity (Wildman–Crippen MR) is 74.8 cm³/mol. The molecule has 2 heterocycles. The van der Waals surface area contributed by atoms with Gasteiger partial charge in [-0.15, -0.1) is 0 Å². The van der Waals surface area contributed by atoms with Crippen LogP contribution in [0.1, 0.15) is 18.2 Å². The smallest absolute Gasteiger partial charge is 0.330 e. The Labute approximate surface area is 124 Å². The van der Waals surface area contributed by atoms with Gasteiger partial charge in [0.15, 0.2) is 0 Å². The van der Waals surface area contributed by atoms with E-state index < -0.39 is 35.5 Å². The molecular formula is C15H14FN2O4. The number of aromatic nitrogens is 2. The summed E-state index contributed by atoms with van der Waals surface area (Å²) in [5.41, 5.74) is -0.974. The van der Waals surface area contributed by atoms with Gasteiger partial charge in [0.1, 0.15) is 6.23 Å². The minimum atomic E-state index is -1.07. The summed E-state index contributed by atoms with van der Waals surface area (Å²) in [6.07, 6.45) is -0.758. The number of aliphatic hydroxyl groups excluding tert-OH is 1. The molecule has 2 N–H and O–H groups in total. The van der Waals surface area contributed by atoms with E-state index in [-0.39, 0.29) is 6.42 Å². The molecule has 6 nitrogen and oxygen atoms in total. The first-order valence-corrected chi connectivity index (χ1v) is 6.84. The van der Waals surface area contributed by atoms with Crippen molar-refractivity contribution in [2.75, 3.05) is 0 Å². The lowest BCUT2D eigenvalue weighted by Gasteiger charge is -2.16. The largest absolute Gasteiger partial charge is 0.390 e. The second kappa shape index (κ2) is 5.86. The number of ether oxygens (including phenoxy) is 1. The van der Waals surface area contributed by atoms with E-state index in [1.54, 1.807) is 6.07 Å². The molecule has 3 atom stereocenters. The molecule has 7 heteroatoms. The monoisotopic (exact) mass is 305 g/mol. The molecule has 0 spiro atoms. The molecule has 0 saturated carbocycles. The third-order valence-corrected chi connectivity index (χ3v) is 3.63. The van der Waals surface area contributed by atoms with E-state index >= 15 is 0 Å². The molecule has 1 saturated heterocycles. The fraction of sp³-hybridized carbons (Fsp3) is 0.333. The fourth-order valence-electron chi connectivity index (χ4n) is 2.52. The number of nitrogens with one attached hydrogen (secondary N) is 1. The first kappa shape index (κ1) is 14.7. The molecule has 1 aromatic heterocycles. The maximum absolute atomic E-state index is 13.3. The van der Waals surface area contributed by atoms with Crippen LogP contribution >= 0.6 is 0 Å². The summed E-state index contributed by atoms with van der Waals surface area (Å²) in [6, 6.07) is 10.3. The second-order valence-corrected chi connectivity index (χ2v) is 5.17. The molecule has 0 aliphatic carbocycles. The highest BCUT2D eigenvalue weighted by Gasteiger charge is 2.35. The first-order chi connectivity index (χ1) is 10.5. The maximum atomic E-state index is 13.3. The summed E-state index contributed by atoms with van der Waals surface area (Å²) in [5, 5.41) is 10.1. The third kappa shape index (κ3) is 2.86. The van der Waals surface area contributed by atoms with Crippen molar-refractivity contribution in [3.8, 4) is 0 Å². The average Bonchev–Trinajstić information content (AvgIpc) is 2.85. The Morgan fingerprint density at radius 3 is 3.00 bits per heavy atom. The van der Waals surface area contributed by atoms with Crippen molar-refractivity contribution in [3.05, 3.63) is 68.7 Å². The molecule has 1 fully saturated rings. The average molecular weight is 305 g/mol. The minimum absolute atomic E-state index is 0.142. The molecule has 1 unspecified atom stereocenters. The zero-order chi connectivity index (χ0) is 15.7. The lowest BCUT2D eigenvalue weighted by molar-refractivity contribution is -0.0201. The lowest BCUT2D eigenvalue weighted by Crippen LogP contribution is -2.33. The van der Waals surface area contributed by atoms with E-state index in [4.69, 9.17) is 4.74 Å². The van der Waals surface area contributed by atoms with Crippen molar-refractivity contribution < 1.29 is 14.2 Å². The van der Waals surface area contributed by atoms with E-state index in [9.17, 15) is 19.1 Å². The van der Waals surface area contributed by atoms with Crippen LogP contribution in [0.5, 0.6) is 0 Å². The van der Waals surface area contributed by atoms with Crippen LogP contribution in [-0.4, -0.2) is 26.9 Å². The molecule has 22 heavy (non-hydrogen) atoms. The van der Waals surface area contributed by atoms with Gasteiger partial charge in [0.2, 0.25) is 5.82 Å². The van der Waals surface area contributed by atoms with E-state index in [1.807, 2.05) is 23.2 Å². The van der Waals surface area contributed by atoms with Crippen LogP contribution in [0.3, 0.4) is 0 Å². The molecule has 3 rings (SSSR count). The molecule has 115 valence electrons. The Kier molecular flexibility index (Phi) is 3.91. The molecule has 1 aromatic carbocycles. The molecule has 1 radical (unpaired) electrons. The molecule has 0 bridgehead atoms. The van der Waals surface area contributed by atoms with Crippen LogP contribution in [0.2, 0.25) is 0 Å². The number of hydrogen-bond acceptors (Lipinski definition) is 4. The van der Waals surface area contributed by atoms with Crippen LogP contribution in [0.15, 0.2) is 40.1 Å². The number of benzene rings is 1. The fourth-order valence-corrected chi connectivity index (χ4v) is 2.52. The number of H-pyrrole nitrogens is 1. The number of rotatable bonds is 3. The first-order valence-electron chi connectivity index (χ1n) is 6.84. The van der Waals surface area contributed by atoms with Gasteiger partial charge in [-0.3, -0.25) is 14.3 Å². The SMILES string of the molecule is O=c1[nH]c(=O)n(C2C[C@H](O)[C@@H](Cc3[c]cccc3)O2)cc1F. The van der Waals surface area contributed by atoms with Gasteiger partial charge < -0.3 is 9.84 Å². The van der Waals surface area contributed by atoms with Crippen molar-refractivity contribution in [3.63, 3.8) is 0 Å². The van der Waals surface area contributed by atoms with Crippen molar-refractivity contribution in [2.45, 2.75) is 31.3 Å². The minimum Gasteiger partial charge on any atom is -0.390 e. The number of hydrogen-bond donors (Lipinski definition) is 2. The summed E-state index contributed by atoms with van der Waals surface area (Å²) in [4.78, 5) is 24.6. The van der Waals surface area contributed by atoms with Gasteiger partial charge in [0, 0.05) is 12.8 Å². The van der Waals surface area contributed by atoms with Crippen LogP contribution in [-0.2, 0) is 11.2 Å². The zero-order valence-electron chi connectivity index (χ0n) is 11.5. The van der Waals surface area contributed by atoms with Gasteiger partial charge >= 0.3 is 5.69 Å². The van der Waals surface area contributed by atoms with Gasteiger partial charge in [-0.05, 0) is 11.6 Å². The highest BCUT2D eigenvalue weighted by Crippen LogP contribution is 2.29. The van der Waals surface area contributed by atoms with Crippen molar-refractivity contribution in [1.82, 2.24) is 9.55 Å². The Bertz CT molecular complexity index is 771. The highest BCUT2D eigenvalue weighted by atomic mass is 19.1. The summed E-state index contributed by atoms with van der Waals surface area (Å²) in [5.74, 6) is -1.07. The predicted octanol–water partition coefficient (Wildman–Crippen LogP) is 0.367. The van der Waals surface area contributed by atoms with Crippen LogP contribution < -0.4 is 11.2 Å². The maximum Gasteiger partial charge on any atom is 0.330 e. The Morgan fingerprint density at radius 1 is 1.45 bits per heavy atom. The van der Waals surface area contributed by atoms with Gasteiger partial charge in [-0.1, -0.05) is 24.3 Å². The molecule has 0 amide bonds. The Balaban J connectivity index is 1.80. The summed E-state index contributed by atoms with van der Waals surface area (Å²) >= 11 is 0. The lowest BCUT2D eigenvalue weighted by atomic mass is 10.0. The Hall–Kier alpha value is -2.25. The second-order valence-electron chi connectivity index (χ2n) is 5.17. The third-order valence-electron chi connectivity index (χ3n) is 3.63. The number of aliphatic hydroxyl groups is 1. The van der Waals surface area contributed by atoms with Crippen LogP contribution in [0, 0.1) is 11.9 Å². The molecule has 1 aliphatic heterocycles. The van der Waals surface area contributed by atoms with Crippen molar-refractivity contribution >= 4 is 0 Å². The number of aromatic amines is 1. The van der Waals surface area contributed by atoms with Crippen LogP contribution in [0.25, 0.3) is 0 Å². The van der Waals surface area contributed by atoms with Gasteiger partial charge in [-0.2, -0.15) is 4.39 Å². The highest BCUT2D eigenvalue weighted by molar-refractivity contribution is 5.14. The Morgan fingerprint density at radius 2 is 2.27 bits per heavy atom. The van der Waals surface area contributed by atoms with Gasteiger partial charge in [0.25, 0.3) is 5.56 Å². The van der Waals surface area contributed by atoms with Crippen molar-refractivity contribution in [2.24, 2.45) is 0 Å². The summed E-state index contributed by atoms with van der Waals surface area (Å²) in [6.45, 7) is 0. The zero-order valence-corrected chi connectivity index (χ0v) is 11.5. The number of nitrogens with zero attached hydrogens (tertiary/aromatic N) is 1. The topological polar surface area (TPSA) is 84.3 Å². The summed E-state index contributed by atoms with van der Waals surface area (Å²) < 4.78 is 19.9. The van der Waals surface area contributed by atoms with Gasteiger partial charge in [0.05, 0.1) is 18.4 Å². The van der Waals surface area contributed by atoms with E-state index in [1.165, 1.54) is 0 Å². The van der Waals surface area contributed by atoms with Crippen molar-refractivity contribution in [1.29, 1.82) is 0 Å². The molecular weight excluding hydrogens is 291 g/mol.